The van der Waals surface area contributed by atoms with Crippen molar-refractivity contribution < 1.29 is 26.7 Å². The third-order valence-electron chi connectivity index (χ3n) is 8.01. The predicted octanol–water partition coefficient (Wildman–Crippen LogP) is 4.39. The minimum atomic E-state index is -3.42. The molecule has 0 unspecified atom stereocenters. The lowest BCUT2D eigenvalue weighted by Gasteiger charge is -2.21. The summed E-state index contributed by atoms with van der Waals surface area (Å²) in [5, 5.41) is 5.83. The van der Waals surface area contributed by atoms with Gasteiger partial charge >= 0.3 is 0 Å². The highest BCUT2D eigenvalue weighted by Gasteiger charge is 2.67. The Morgan fingerprint density at radius 3 is 2.41 bits per heavy atom. The van der Waals surface area contributed by atoms with Crippen LogP contribution >= 0.6 is 0 Å². The number of hydrogen-bond donors (Lipinski definition) is 2. The van der Waals surface area contributed by atoms with E-state index < -0.39 is 52.7 Å². The molecule has 11 heteroatoms. The lowest BCUT2D eigenvalue weighted by molar-refractivity contribution is 0.0135. The number of fused-ring (bicyclic) bond motifs is 1. The molecule has 2 saturated carbocycles. The molecule has 1 aromatic heterocycles. The number of hydrogen-bond acceptors (Lipinski definition) is 4. The van der Waals surface area contributed by atoms with E-state index in [2.05, 4.69) is 15.5 Å². The second kappa shape index (κ2) is 8.54. The lowest BCUT2D eigenvalue weighted by atomic mass is 10.0. The molecule has 6 nitrogen and oxygen atoms in total. The standard InChI is InChI=1S/C26H29F5N4O2/c1-12-23(26(12,30)31)35-11-17(19(8-20(35)36)33-22-15-9-34(4)10-16(15)22)24(37)32-13(2)14-6-5-7-18(21(14)27)25(3,28)29/h5-8,11-13,15-16,22-23,33H,9-10H2,1-4H3,(H,32,37)/t12-,13+,15-,16+,22-,23-/m0/s1. The van der Waals surface area contributed by atoms with Crippen LogP contribution in [0.5, 0.6) is 0 Å². The number of amides is 1. The van der Waals surface area contributed by atoms with Gasteiger partial charge in [0.2, 0.25) is 0 Å². The zero-order valence-corrected chi connectivity index (χ0v) is 20.9. The van der Waals surface area contributed by atoms with Crippen molar-refractivity contribution in [2.45, 2.75) is 50.7 Å². The Kier molecular flexibility index (Phi) is 5.93. The molecule has 1 aliphatic heterocycles. The highest BCUT2D eigenvalue weighted by molar-refractivity contribution is 5.99. The number of aromatic nitrogens is 1. The Morgan fingerprint density at radius 2 is 1.84 bits per heavy atom. The molecule has 2 heterocycles. The van der Waals surface area contributed by atoms with Crippen molar-refractivity contribution in [3.8, 4) is 0 Å². The summed E-state index contributed by atoms with van der Waals surface area (Å²) in [5.74, 6) is -8.73. The van der Waals surface area contributed by atoms with Crippen molar-refractivity contribution in [2.24, 2.45) is 17.8 Å². The first-order chi connectivity index (χ1) is 17.2. The number of pyridine rings is 1. The van der Waals surface area contributed by atoms with Crippen LogP contribution in [0.15, 0.2) is 35.3 Å². The van der Waals surface area contributed by atoms with Crippen LogP contribution in [0.2, 0.25) is 0 Å². The highest BCUT2D eigenvalue weighted by atomic mass is 19.3. The van der Waals surface area contributed by atoms with Crippen LogP contribution in [-0.2, 0) is 5.92 Å². The van der Waals surface area contributed by atoms with Crippen LogP contribution in [0, 0.1) is 23.6 Å². The maximum atomic E-state index is 14.9. The van der Waals surface area contributed by atoms with E-state index in [0.29, 0.717) is 18.8 Å². The van der Waals surface area contributed by atoms with E-state index in [1.165, 1.54) is 26.0 Å². The molecule has 1 amide bonds. The molecule has 0 radical (unpaired) electrons. The smallest absolute Gasteiger partial charge is 0.273 e. The summed E-state index contributed by atoms with van der Waals surface area (Å²) in [7, 11) is 2.00. The SMILES string of the molecule is C[C@@H](NC(=O)c1cn([C@H]2[C@H](C)C2(F)F)c(=O)cc1N[C@@H]1[C@@H]2CN(C)C[C@@H]21)c1cccc(C(C)(F)F)c1F. The predicted molar refractivity (Wildman–Crippen MR) is 128 cm³/mol. The summed E-state index contributed by atoms with van der Waals surface area (Å²) in [5.41, 5.74) is -1.43. The van der Waals surface area contributed by atoms with Crippen molar-refractivity contribution in [3.63, 3.8) is 0 Å². The summed E-state index contributed by atoms with van der Waals surface area (Å²) in [6.07, 6.45) is 1.12. The van der Waals surface area contributed by atoms with Crippen molar-refractivity contribution in [1.82, 2.24) is 14.8 Å². The molecule has 2 aliphatic carbocycles. The van der Waals surface area contributed by atoms with Gasteiger partial charge in [-0.25, -0.2) is 22.0 Å². The number of anilines is 1. The Balaban J connectivity index is 1.45. The molecule has 1 aromatic carbocycles. The van der Waals surface area contributed by atoms with Gasteiger partial charge in [0.25, 0.3) is 23.3 Å². The van der Waals surface area contributed by atoms with Gasteiger partial charge < -0.3 is 20.1 Å². The van der Waals surface area contributed by atoms with Crippen LogP contribution in [0.1, 0.15) is 54.3 Å². The van der Waals surface area contributed by atoms with Gasteiger partial charge in [0, 0.05) is 49.8 Å². The van der Waals surface area contributed by atoms with E-state index in [4.69, 9.17) is 0 Å². The number of rotatable bonds is 7. The van der Waals surface area contributed by atoms with Gasteiger partial charge in [0.05, 0.1) is 22.9 Å². The van der Waals surface area contributed by atoms with Gasteiger partial charge in [-0.1, -0.05) is 25.1 Å². The largest absolute Gasteiger partial charge is 0.381 e. The molecule has 0 spiro atoms. The fourth-order valence-electron chi connectivity index (χ4n) is 5.66. The second-order valence-electron chi connectivity index (χ2n) is 10.8. The van der Waals surface area contributed by atoms with Gasteiger partial charge in [-0.3, -0.25) is 9.59 Å². The topological polar surface area (TPSA) is 66.4 Å². The molecule has 2 N–H and O–H groups in total. The minimum Gasteiger partial charge on any atom is -0.381 e. The van der Waals surface area contributed by atoms with Crippen LogP contribution in [0.25, 0.3) is 0 Å². The van der Waals surface area contributed by atoms with Crippen molar-refractivity contribution >= 4 is 11.6 Å². The summed E-state index contributed by atoms with van der Waals surface area (Å²) in [6, 6.07) is 2.36. The van der Waals surface area contributed by atoms with Gasteiger partial charge in [-0.2, -0.15) is 0 Å². The normalized spacial score (nSPS) is 28.9. The van der Waals surface area contributed by atoms with E-state index >= 15 is 0 Å². The van der Waals surface area contributed by atoms with Gasteiger partial charge in [-0.15, -0.1) is 0 Å². The fourth-order valence-corrected chi connectivity index (χ4v) is 5.66. The summed E-state index contributed by atoms with van der Waals surface area (Å²) < 4.78 is 71.6. The number of halogens is 5. The summed E-state index contributed by atoms with van der Waals surface area (Å²) >= 11 is 0. The molecule has 1 saturated heterocycles. The third kappa shape index (κ3) is 4.41. The number of carbonyl (C=O) groups excluding carboxylic acids is 1. The number of piperidine rings is 1. The molecule has 2 aromatic rings. The van der Waals surface area contributed by atoms with E-state index in [0.717, 1.165) is 36.0 Å². The van der Waals surface area contributed by atoms with Crippen LogP contribution in [-0.4, -0.2) is 47.5 Å². The van der Waals surface area contributed by atoms with Crippen molar-refractivity contribution in [2.75, 3.05) is 25.5 Å². The first-order valence-corrected chi connectivity index (χ1v) is 12.3. The Morgan fingerprint density at radius 1 is 1.22 bits per heavy atom. The molecular weight excluding hydrogens is 495 g/mol. The van der Waals surface area contributed by atoms with E-state index in [9.17, 15) is 31.5 Å². The number of benzene rings is 1. The van der Waals surface area contributed by atoms with Gasteiger partial charge in [0.1, 0.15) is 11.9 Å². The number of nitrogens with one attached hydrogen (secondary N) is 2. The van der Waals surface area contributed by atoms with Gasteiger partial charge in [-0.05, 0) is 25.8 Å². The van der Waals surface area contributed by atoms with E-state index in [1.807, 2.05) is 7.05 Å². The Hall–Kier alpha value is -2.95. The zero-order valence-electron chi connectivity index (χ0n) is 20.9. The molecule has 37 heavy (non-hydrogen) atoms. The number of alkyl halides is 4. The molecule has 3 aliphatic rings. The maximum Gasteiger partial charge on any atom is 0.273 e. The quantitative estimate of drug-likeness (QED) is 0.528. The van der Waals surface area contributed by atoms with Crippen LogP contribution < -0.4 is 16.2 Å². The monoisotopic (exact) mass is 524 g/mol. The highest BCUT2D eigenvalue weighted by Crippen LogP contribution is 2.58. The molecule has 200 valence electrons. The van der Waals surface area contributed by atoms with Crippen LogP contribution in [0.4, 0.5) is 27.6 Å². The molecule has 3 fully saturated rings. The minimum absolute atomic E-state index is 0.0395. The Labute approximate surface area is 210 Å². The van der Waals surface area contributed by atoms with Crippen molar-refractivity contribution in [1.29, 1.82) is 0 Å². The molecular formula is C26H29F5N4O2. The third-order valence-corrected chi connectivity index (χ3v) is 8.01. The lowest BCUT2D eigenvalue weighted by Crippen LogP contribution is -2.32. The Bertz CT molecular complexity index is 1290. The maximum absolute atomic E-state index is 14.9. The number of likely N-dealkylation sites (tertiary alicyclic amines) is 1. The molecule has 6 atom stereocenters. The van der Waals surface area contributed by atoms with Crippen LogP contribution in [0.3, 0.4) is 0 Å². The zero-order chi connectivity index (χ0) is 27.0. The van der Waals surface area contributed by atoms with E-state index in [1.54, 1.807) is 0 Å². The van der Waals surface area contributed by atoms with Crippen molar-refractivity contribution in [3.05, 3.63) is 63.3 Å². The summed E-state index contributed by atoms with van der Waals surface area (Å²) in [6.45, 7) is 5.07. The molecule has 0 bridgehead atoms. The first-order valence-electron chi connectivity index (χ1n) is 12.3. The van der Waals surface area contributed by atoms with Gasteiger partial charge in [0.15, 0.2) is 0 Å². The number of carbonyl (C=O) groups is 1. The number of nitrogens with zero attached hydrogens (tertiary/aromatic N) is 2. The second-order valence-corrected chi connectivity index (χ2v) is 10.8. The average molecular weight is 525 g/mol. The summed E-state index contributed by atoms with van der Waals surface area (Å²) in [4.78, 5) is 28.3. The molecule has 5 rings (SSSR count). The average Bonchev–Trinajstić information content (AvgIpc) is 3.47. The first kappa shape index (κ1) is 25.7. The van der Waals surface area contributed by atoms with E-state index in [-0.39, 0.29) is 22.9 Å². The fraction of sp³-hybridized carbons (Fsp3) is 0.538.